The summed E-state index contributed by atoms with van der Waals surface area (Å²) in [6.45, 7) is 1.77. The second-order valence-corrected chi connectivity index (χ2v) is 4.05. The summed E-state index contributed by atoms with van der Waals surface area (Å²) in [6.07, 6.45) is 0. The van der Waals surface area contributed by atoms with Gasteiger partial charge in [0.1, 0.15) is 11.4 Å². The van der Waals surface area contributed by atoms with Gasteiger partial charge in [-0.05, 0) is 30.7 Å². The van der Waals surface area contributed by atoms with Gasteiger partial charge in [-0.2, -0.15) is 0 Å². The minimum absolute atomic E-state index is 0.214. The Balaban J connectivity index is 2.15. The number of anilines is 1. The van der Waals surface area contributed by atoms with Crippen LogP contribution in [0.15, 0.2) is 29.1 Å². The fourth-order valence-electron chi connectivity index (χ4n) is 1.25. The molecule has 0 saturated carbocycles. The highest BCUT2D eigenvalue weighted by Gasteiger charge is 2.08. The van der Waals surface area contributed by atoms with Crippen LogP contribution in [0.4, 0.5) is 5.69 Å². The Labute approximate surface area is 96.6 Å². The molecule has 1 heterocycles. The number of carbonyl (C=O) groups excluding carboxylic acids is 1. The van der Waals surface area contributed by atoms with E-state index in [2.05, 4.69) is 10.3 Å². The van der Waals surface area contributed by atoms with Crippen molar-refractivity contribution in [1.29, 1.82) is 0 Å². The molecule has 0 aliphatic carbocycles. The molecule has 0 fully saturated rings. The maximum absolute atomic E-state index is 11.6. The largest absolute Gasteiger partial charge is 0.508 e. The van der Waals surface area contributed by atoms with Gasteiger partial charge in [-0.15, -0.1) is 11.3 Å². The van der Waals surface area contributed by atoms with Crippen LogP contribution in [0.5, 0.6) is 5.75 Å². The highest BCUT2D eigenvalue weighted by atomic mass is 32.1. The van der Waals surface area contributed by atoms with Gasteiger partial charge in [-0.25, -0.2) is 4.98 Å². The summed E-state index contributed by atoms with van der Waals surface area (Å²) < 4.78 is 0. The number of rotatable bonds is 2. The number of phenolic OH excluding ortho intramolecular Hbond substituents is 1. The number of nitrogens with zero attached hydrogens (tertiary/aromatic N) is 1. The van der Waals surface area contributed by atoms with E-state index in [1.54, 1.807) is 36.0 Å². The summed E-state index contributed by atoms with van der Waals surface area (Å²) in [5, 5.41) is 13.7. The third-order valence-electron chi connectivity index (χ3n) is 2.12. The number of carbonyl (C=O) groups is 1. The summed E-state index contributed by atoms with van der Waals surface area (Å²) in [5.41, 5.74) is 3.37. The predicted molar refractivity (Wildman–Crippen MR) is 62.9 cm³/mol. The number of phenols is 1. The first-order valence-corrected chi connectivity index (χ1v) is 5.60. The molecule has 0 aliphatic heterocycles. The van der Waals surface area contributed by atoms with Gasteiger partial charge in [0.2, 0.25) is 0 Å². The van der Waals surface area contributed by atoms with Crippen LogP contribution in [0, 0.1) is 6.92 Å². The Morgan fingerprint density at radius 2 is 2.31 bits per heavy atom. The normalized spacial score (nSPS) is 10.1. The molecule has 2 rings (SSSR count). The van der Waals surface area contributed by atoms with E-state index < -0.39 is 0 Å². The van der Waals surface area contributed by atoms with Crippen molar-refractivity contribution in [3.63, 3.8) is 0 Å². The third kappa shape index (κ3) is 2.20. The maximum Gasteiger partial charge on any atom is 0.275 e. The highest BCUT2D eigenvalue weighted by molar-refractivity contribution is 7.07. The number of amides is 1. The van der Waals surface area contributed by atoms with Gasteiger partial charge in [-0.3, -0.25) is 4.79 Å². The summed E-state index contributed by atoms with van der Waals surface area (Å²) >= 11 is 1.37. The van der Waals surface area contributed by atoms with Crippen molar-refractivity contribution >= 4 is 22.9 Å². The van der Waals surface area contributed by atoms with Crippen molar-refractivity contribution in [1.82, 2.24) is 4.98 Å². The van der Waals surface area contributed by atoms with E-state index in [1.807, 2.05) is 0 Å². The molecule has 0 saturated heterocycles. The molecule has 2 N–H and O–H groups in total. The van der Waals surface area contributed by atoms with Crippen LogP contribution >= 0.6 is 11.3 Å². The first-order chi connectivity index (χ1) is 7.66. The molecule has 2 aromatic rings. The van der Waals surface area contributed by atoms with Crippen LogP contribution in [-0.2, 0) is 0 Å². The van der Waals surface area contributed by atoms with Crippen molar-refractivity contribution in [2.45, 2.75) is 6.92 Å². The molecule has 16 heavy (non-hydrogen) atoms. The minimum atomic E-state index is -0.244. The molecule has 0 aliphatic rings. The summed E-state index contributed by atoms with van der Waals surface area (Å²) in [5.74, 6) is -0.0296. The zero-order valence-electron chi connectivity index (χ0n) is 8.60. The molecule has 1 amide bonds. The number of aromatic hydroxyl groups is 1. The lowest BCUT2D eigenvalue weighted by Gasteiger charge is -2.05. The van der Waals surface area contributed by atoms with Crippen molar-refractivity contribution in [2.24, 2.45) is 0 Å². The maximum atomic E-state index is 11.6. The van der Waals surface area contributed by atoms with Gasteiger partial charge in [0.05, 0.1) is 5.51 Å². The van der Waals surface area contributed by atoms with E-state index >= 15 is 0 Å². The number of aryl methyl sites for hydroxylation is 1. The van der Waals surface area contributed by atoms with Crippen LogP contribution in [-0.4, -0.2) is 16.0 Å². The predicted octanol–water partition coefficient (Wildman–Crippen LogP) is 2.41. The smallest absolute Gasteiger partial charge is 0.275 e. The second-order valence-electron chi connectivity index (χ2n) is 3.33. The highest BCUT2D eigenvalue weighted by Crippen LogP contribution is 2.20. The van der Waals surface area contributed by atoms with Crippen LogP contribution < -0.4 is 5.32 Å². The van der Waals surface area contributed by atoms with Gasteiger partial charge in [0.15, 0.2) is 0 Å². The number of thiazole rings is 1. The summed E-state index contributed by atoms with van der Waals surface area (Å²) in [4.78, 5) is 15.6. The Hall–Kier alpha value is -1.88. The number of hydrogen-bond donors (Lipinski definition) is 2. The molecule has 4 nitrogen and oxygen atoms in total. The quantitative estimate of drug-likeness (QED) is 0.784. The van der Waals surface area contributed by atoms with Gasteiger partial charge in [0.25, 0.3) is 5.91 Å². The lowest BCUT2D eigenvalue weighted by Crippen LogP contribution is -2.12. The molecule has 82 valence electrons. The Morgan fingerprint density at radius 1 is 1.50 bits per heavy atom. The molecule has 0 radical (unpaired) electrons. The molecule has 0 unspecified atom stereocenters. The van der Waals surface area contributed by atoms with Crippen molar-refractivity contribution in [2.75, 3.05) is 5.32 Å². The van der Waals surface area contributed by atoms with Crippen molar-refractivity contribution in [3.05, 3.63) is 40.3 Å². The average Bonchev–Trinajstić information content (AvgIpc) is 2.77. The van der Waals surface area contributed by atoms with Gasteiger partial charge in [-0.1, -0.05) is 0 Å². The minimum Gasteiger partial charge on any atom is -0.508 e. The zero-order chi connectivity index (χ0) is 11.5. The number of benzene rings is 1. The summed E-state index contributed by atoms with van der Waals surface area (Å²) in [6, 6.07) is 4.90. The van der Waals surface area contributed by atoms with Gasteiger partial charge >= 0.3 is 0 Å². The molecule has 0 spiro atoms. The van der Waals surface area contributed by atoms with Crippen LogP contribution in [0.25, 0.3) is 0 Å². The second kappa shape index (κ2) is 4.32. The van der Waals surface area contributed by atoms with Crippen LogP contribution in [0.3, 0.4) is 0 Å². The first-order valence-electron chi connectivity index (χ1n) is 4.66. The topological polar surface area (TPSA) is 62.2 Å². The van der Waals surface area contributed by atoms with Gasteiger partial charge in [0, 0.05) is 11.1 Å². The Kier molecular flexibility index (Phi) is 2.87. The van der Waals surface area contributed by atoms with Crippen LogP contribution in [0.1, 0.15) is 16.1 Å². The van der Waals surface area contributed by atoms with E-state index in [9.17, 15) is 9.90 Å². The fourth-order valence-corrected chi connectivity index (χ4v) is 1.79. The molecule has 0 bridgehead atoms. The van der Waals surface area contributed by atoms with E-state index in [4.69, 9.17) is 0 Å². The molecule has 1 aromatic carbocycles. The Morgan fingerprint density at radius 3 is 2.94 bits per heavy atom. The number of nitrogens with one attached hydrogen (secondary N) is 1. The molecule has 0 atom stereocenters. The summed E-state index contributed by atoms with van der Waals surface area (Å²) in [7, 11) is 0. The van der Waals surface area contributed by atoms with Gasteiger partial charge < -0.3 is 10.4 Å². The van der Waals surface area contributed by atoms with E-state index in [0.717, 1.165) is 5.56 Å². The lowest BCUT2D eigenvalue weighted by molar-refractivity contribution is 0.102. The molecule has 5 heteroatoms. The monoisotopic (exact) mass is 234 g/mol. The Bertz CT molecular complexity index is 509. The van der Waals surface area contributed by atoms with Crippen molar-refractivity contribution < 1.29 is 9.90 Å². The van der Waals surface area contributed by atoms with Crippen molar-refractivity contribution in [3.8, 4) is 5.75 Å². The average molecular weight is 234 g/mol. The third-order valence-corrected chi connectivity index (χ3v) is 2.71. The zero-order valence-corrected chi connectivity index (χ0v) is 9.41. The molecular weight excluding hydrogens is 224 g/mol. The van der Waals surface area contributed by atoms with E-state index in [-0.39, 0.29) is 11.7 Å². The first kappa shape index (κ1) is 10.6. The molecule has 1 aromatic heterocycles. The number of aromatic nitrogens is 1. The van der Waals surface area contributed by atoms with E-state index in [0.29, 0.717) is 11.4 Å². The van der Waals surface area contributed by atoms with E-state index in [1.165, 1.54) is 11.3 Å². The SMILES string of the molecule is Cc1cc(NC(=O)c2cscn2)ccc1O. The lowest BCUT2D eigenvalue weighted by atomic mass is 10.2. The standard InChI is InChI=1S/C11H10N2O2S/c1-7-4-8(2-3-10(7)14)13-11(15)9-5-16-6-12-9/h2-6,14H,1H3,(H,13,15). The molecular formula is C11H10N2O2S. The van der Waals surface area contributed by atoms with Crippen LogP contribution in [0.2, 0.25) is 0 Å². The number of hydrogen-bond acceptors (Lipinski definition) is 4. The fraction of sp³-hybridized carbons (Fsp3) is 0.0909.